The predicted octanol–water partition coefficient (Wildman–Crippen LogP) is 1.72. The molecule has 1 rings (SSSR count). The van der Waals surface area contributed by atoms with Gasteiger partial charge in [-0.25, -0.2) is 0 Å². The number of nitrogens with one attached hydrogen (secondary N) is 1. The van der Waals surface area contributed by atoms with Crippen LogP contribution in [0.25, 0.3) is 0 Å². The Hall–Kier alpha value is -1.31. The van der Waals surface area contributed by atoms with E-state index in [1.165, 1.54) is 0 Å². The Bertz CT molecular complexity index is 426. The lowest BCUT2D eigenvalue weighted by atomic mass is 10.1. The summed E-state index contributed by atoms with van der Waals surface area (Å²) in [5.74, 6) is 6.30. The number of amides is 1. The second-order valence-corrected chi connectivity index (χ2v) is 5.14. The van der Waals surface area contributed by atoms with E-state index in [-0.39, 0.29) is 5.91 Å². The van der Waals surface area contributed by atoms with Crippen LogP contribution in [0.1, 0.15) is 30.7 Å². The number of hydrogen-bond donors (Lipinski definition) is 2. The van der Waals surface area contributed by atoms with Gasteiger partial charge in [0.1, 0.15) is 0 Å². The molecule has 1 amide bonds. The lowest BCUT2D eigenvalue weighted by Gasteiger charge is -2.06. The Labute approximate surface area is 106 Å². The highest BCUT2D eigenvalue weighted by atomic mass is 32.1. The average Bonchev–Trinajstić information content (AvgIpc) is 2.70. The van der Waals surface area contributed by atoms with Gasteiger partial charge >= 0.3 is 0 Å². The van der Waals surface area contributed by atoms with Crippen molar-refractivity contribution in [3.63, 3.8) is 0 Å². The highest BCUT2D eigenvalue weighted by Gasteiger charge is 2.06. The summed E-state index contributed by atoms with van der Waals surface area (Å²) in [5, 5.41) is 4.88. The molecule has 0 bridgehead atoms. The van der Waals surface area contributed by atoms with Gasteiger partial charge in [-0.2, -0.15) is 0 Å². The molecule has 0 aromatic carbocycles. The molecular formula is C13H18N2OS. The van der Waals surface area contributed by atoms with E-state index in [1.54, 1.807) is 11.3 Å². The van der Waals surface area contributed by atoms with Crippen molar-refractivity contribution in [3.8, 4) is 11.8 Å². The molecule has 0 atom stereocenters. The van der Waals surface area contributed by atoms with Crippen molar-refractivity contribution >= 4 is 17.2 Å². The molecular weight excluding hydrogens is 232 g/mol. The Morgan fingerprint density at radius 3 is 3.00 bits per heavy atom. The van der Waals surface area contributed by atoms with E-state index in [2.05, 4.69) is 17.2 Å². The fourth-order valence-electron chi connectivity index (χ4n) is 1.36. The summed E-state index contributed by atoms with van der Waals surface area (Å²) in [4.78, 5) is 12.6. The second kappa shape index (κ2) is 7.10. The standard InChI is InChI=1S/C13H18N2OS/c1-10(2)8-13(16)15-9-12-11(4-3-6-14)5-7-17-12/h5,7,10H,6,8-9,14H2,1-2H3,(H,15,16). The van der Waals surface area contributed by atoms with Gasteiger partial charge in [0.15, 0.2) is 0 Å². The minimum atomic E-state index is 0.0890. The van der Waals surface area contributed by atoms with Crippen LogP contribution in [-0.2, 0) is 11.3 Å². The summed E-state index contributed by atoms with van der Waals surface area (Å²) in [5.41, 5.74) is 6.30. The van der Waals surface area contributed by atoms with Gasteiger partial charge in [0, 0.05) is 16.9 Å². The molecule has 0 unspecified atom stereocenters. The van der Waals surface area contributed by atoms with Crippen molar-refractivity contribution < 1.29 is 4.79 Å². The van der Waals surface area contributed by atoms with Crippen molar-refractivity contribution in [3.05, 3.63) is 21.9 Å². The number of carbonyl (C=O) groups is 1. The zero-order chi connectivity index (χ0) is 12.7. The number of hydrogen-bond acceptors (Lipinski definition) is 3. The van der Waals surface area contributed by atoms with E-state index in [0.717, 1.165) is 10.4 Å². The average molecular weight is 250 g/mol. The van der Waals surface area contributed by atoms with Crippen molar-refractivity contribution in [1.29, 1.82) is 0 Å². The molecule has 1 heterocycles. The molecule has 3 nitrogen and oxygen atoms in total. The van der Waals surface area contributed by atoms with E-state index in [1.807, 2.05) is 25.3 Å². The van der Waals surface area contributed by atoms with Gasteiger partial charge in [-0.05, 0) is 17.4 Å². The van der Waals surface area contributed by atoms with E-state index < -0.39 is 0 Å². The van der Waals surface area contributed by atoms with Gasteiger partial charge in [-0.1, -0.05) is 25.7 Å². The molecule has 92 valence electrons. The summed E-state index contributed by atoms with van der Waals surface area (Å²) < 4.78 is 0. The molecule has 0 saturated carbocycles. The van der Waals surface area contributed by atoms with E-state index in [9.17, 15) is 4.79 Å². The van der Waals surface area contributed by atoms with Crippen molar-refractivity contribution in [1.82, 2.24) is 5.32 Å². The number of carbonyl (C=O) groups excluding carboxylic acids is 1. The highest BCUT2D eigenvalue weighted by molar-refractivity contribution is 7.10. The van der Waals surface area contributed by atoms with Crippen LogP contribution in [0, 0.1) is 17.8 Å². The normalized spacial score (nSPS) is 9.88. The maximum absolute atomic E-state index is 11.5. The molecule has 0 aliphatic carbocycles. The summed E-state index contributed by atoms with van der Waals surface area (Å²) in [6.07, 6.45) is 0.565. The molecule has 0 fully saturated rings. The van der Waals surface area contributed by atoms with E-state index >= 15 is 0 Å². The van der Waals surface area contributed by atoms with Crippen molar-refractivity contribution in [2.45, 2.75) is 26.8 Å². The fourth-order valence-corrected chi connectivity index (χ4v) is 2.13. The number of rotatable bonds is 4. The first-order valence-electron chi connectivity index (χ1n) is 5.65. The lowest BCUT2D eigenvalue weighted by molar-refractivity contribution is -0.121. The minimum absolute atomic E-state index is 0.0890. The third-order valence-electron chi connectivity index (χ3n) is 2.11. The molecule has 4 heteroatoms. The molecule has 0 spiro atoms. The molecule has 1 aromatic heterocycles. The first kappa shape index (κ1) is 13.8. The first-order chi connectivity index (χ1) is 8.13. The summed E-state index contributed by atoms with van der Waals surface area (Å²) in [6, 6.07) is 1.96. The molecule has 3 N–H and O–H groups in total. The van der Waals surface area contributed by atoms with Gasteiger partial charge in [-0.3, -0.25) is 4.79 Å². The largest absolute Gasteiger partial charge is 0.351 e. The summed E-state index contributed by atoms with van der Waals surface area (Å²) >= 11 is 1.60. The third-order valence-corrected chi connectivity index (χ3v) is 3.03. The van der Waals surface area contributed by atoms with Gasteiger partial charge in [0.25, 0.3) is 0 Å². The molecule has 0 saturated heterocycles. The van der Waals surface area contributed by atoms with Crippen LogP contribution < -0.4 is 11.1 Å². The van der Waals surface area contributed by atoms with Crippen LogP contribution in [0.15, 0.2) is 11.4 Å². The maximum Gasteiger partial charge on any atom is 0.220 e. The van der Waals surface area contributed by atoms with Crippen LogP contribution in [0.4, 0.5) is 0 Å². The van der Waals surface area contributed by atoms with Crippen LogP contribution in [0.3, 0.4) is 0 Å². The van der Waals surface area contributed by atoms with Crippen LogP contribution in [0.5, 0.6) is 0 Å². The summed E-state index contributed by atoms with van der Waals surface area (Å²) in [7, 11) is 0. The smallest absolute Gasteiger partial charge is 0.220 e. The predicted molar refractivity (Wildman–Crippen MR) is 71.6 cm³/mol. The van der Waals surface area contributed by atoms with E-state index in [4.69, 9.17) is 5.73 Å². The molecule has 0 aliphatic heterocycles. The summed E-state index contributed by atoms with van der Waals surface area (Å²) in [6.45, 7) is 4.97. The topological polar surface area (TPSA) is 55.1 Å². The van der Waals surface area contributed by atoms with Gasteiger partial charge in [0.2, 0.25) is 5.91 Å². The molecule has 0 aliphatic rings. The monoisotopic (exact) mass is 250 g/mol. The van der Waals surface area contributed by atoms with Crippen molar-refractivity contribution in [2.75, 3.05) is 6.54 Å². The minimum Gasteiger partial charge on any atom is -0.351 e. The van der Waals surface area contributed by atoms with Crippen molar-refractivity contribution in [2.24, 2.45) is 11.7 Å². The van der Waals surface area contributed by atoms with Gasteiger partial charge < -0.3 is 11.1 Å². The second-order valence-electron chi connectivity index (χ2n) is 4.14. The van der Waals surface area contributed by atoms with E-state index in [0.29, 0.717) is 25.4 Å². The Balaban J connectivity index is 2.52. The first-order valence-corrected chi connectivity index (χ1v) is 6.53. The zero-order valence-electron chi connectivity index (χ0n) is 10.2. The Kier molecular flexibility index (Phi) is 5.75. The van der Waals surface area contributed by atoms with Crippen LogP contribution in [0.2, 0.25) is 0 Å². The van der Waals surface area contributed by atoms with Gasteiger partial charge in [0.05, 0.1) is 13.1 Å². The highest BCUT2D eigenvalue weighted by Crippen LogP contribution is 2.15. The molecule has 0 radical (unpaired) electrons. The SMILES string of the molecule is CC(C)CC(=O)NCc1sccc1C#CCN. The number of thiophene rings is 1. The fraction of sp³-hybridized carbons (Fsp3) is 0.462. The zero-order valence-corrected chi connectivity index (χ0v) is 11.1. The Morgan fingerprint density at radius 1 is 1.59 bits per heavy atom. The number of nitrogens with two attached hydrogens (primary N) is 1. The molecule has 1 aromatic rings. The molecule has 17 heavy (non-hydrogen) atoms. The van der Waals surface area contributed by atoms with Crippen LogP contribution in [-0.4, -0.2) is 12.5 Å². The Morgan fingerprint density at radius 2 is 2.35 bits per heavy atom. The third kappa shape index (κ3) is 5.03. The van der Waals surface area contributed by atoms with Gasteiger partial charge in [-0.15, -0.1) is 11.3 Å². The quantitative estimate of drug-likeness (QED) is 0.799. The maximum atomic E-state index is 11.5. The van der Waals surface area contributed by atoms with Crippen LogP contribution >= 0.6 is 11.3 Å². The lowest BCUT2D eigenvalue weighted by Crippen LogP contribution is -2.23.